The number of hydrogen-bond donors (Lipinski definition) is 1. The van der Waals surface area contributed by atoms with Crippen LogP contribution in [0.3, 0.4) is 0 Å². The molecule has 3 rings (SSSR count). The van der Waals surface area contributed by atoms with Crippen LogP contribution < -0.4 is 9.62 Å². The van der Waals surface area contributed by atoms with E-state index in [9.17, 15) is 18.0 Å². The van der Waals surface area contributed by atoms with Crippen LogP contribution in [0.4, 0.5) is 5.69 Å². The van der Waals surface area contributed by atoms with E-state index in [1.54, 1.807) is 0 Å². The van der Waals surface area contributed by atoms with Crippen LogP contribution in [0.2, 0.25) is 0 Å². The molecule has 32 heavy (non-hydrogen) atoms. The van der Waals surface area contributed by atoms with Gasteiger partial charge in [-0.1, -0.05) is 42.0 Å². The van der Waals surface area contributed by atoms with Gasteiger partial charge in [0, 0.05) is 26.1 Å². The third kappa shape index (κ3) is 5.68. The lowest BCUT2D eigenvalue weighted by Crippen LogP contribution is -2.41. The molecular formula is C24H31N3O4S. The number of nitrogens with zero attached hydrogens (tertiary/aromatic N) is 2. The Bertz CT molecular complexity index is 1100. The lowest BCUT2D eigenvalue weighted by atomic mass is 10.1. The van der Waals surface area contributed by atoms with Crippen LogP contribution in [0.5, 0.6) is 0 Å². The smallest absolute Gasteiger partial charge is 0.241 e. The SMILES string of the molecule is Cc1cc(C)c(N(CC(=O)NCc2ccccc2CN2CCCC2=O)S(C)(=O)=O)c(C)c1. The Morgan fingerprint density at radius 2 is 1.72 bits per heavy atom. The van der Waals surface area contributed by atoms with Gasteiger partial charge in [0.1, 0.15) is 6.54 Å². The summed E-state index contributed by atoms with van der Waals surface area (Å²) in [6.45, 7) is 6.88. The highest BCUT2D eigenvalue weighted by atomic mass is 32.2. The number of anilines is 1. The first kappa shape index (κ1) is 23.8. The van der Waals surface area contributed by atoms with E-state index in [1.165, 1.54) is 4.31 Å². The fourth-order valence-electron chi connectivity index (χ4n) is 4.27. The molecule has 1 N–H and O–H groups in total. The van der Waals surface area contributed by atoms with Gasteiger partial charge in [-0.05, 0) is 49.4 Å². The van der Waals surface area contributed by atoms with E-state index in [1.807, 2.05) is 62.1 Å². The molecule has 2 amide bonds. The third-order valence-corrected chi connectivity index (χ3v) is 6.81. The van der Waals surface area contributed by atoms with E-state index in [0.29, 0.717) is 18.7 Å². The van der Waals surface area contributed by atoms with Crippen LogP contribution >= 0.6 is 0 Å². The summed E-state index contributed by atoms with van der Waals surface area (Å²) in [6, 6.07) is 11.5. The lowest BCUT2D eigenvalue weighted by Gasteiger charge is -2.26. The highest BCUT2D eigenvalue weighted by molar-refractivity contribution is 7.92. The number of likely N-dealkylation sites (tertiary alicyclic amines) is 1. The summed E-state index contributed by atoms with van der Waals surface area (Å²) < 4.78 is 26.2. The Kier molecular flexibility index (Phi) is 7.23. The van der Waals surface area contributed by atoms with Crippen LogP contribution in [-0.2, 0) is 32.7 Å². The molecule has 0 bridgehead atoms. The summed E-state index contributed by atoms with van der Waals surface area (Å²) in [5.74, 6) is -0.238. The molecule has 2 aromatic carbocycles. The van der Waals surface area contributed by atoms with Crippen molar-refractivity contribution < 1.29 is 18.0 Å². The van der Waals surface area contributed by atoms with Crippen molar-refractivity contribution in [2.45, 2.75) is 46.7 Å². The molecule has 1 fully saturated rings. The molecule has 0 atom stereocenters. The summed E-state index contributed by atoms with van der Waals surface area (Å²) in [4.78, 5) is 26.6. The number of rotatable bonds is 8. The van der Waals surface area contributed by atoms with Crippen molar-refractivity contribution in [3.05, 3.63) is 64.2 Å². The molecule has 8 heteroatoms. The summed E-state index contributed by atoms with van der Waals surface area (Å²) in [5.41, 5.74) is 5.08. The number of aryl methyl sites for hydroxylation is 3. The van der Waals surface area contributed by atoms with Gasteiger partial charge in [0.05, 0.1) is 11.9 Å². The second kappa shape index (κ2) is 9.73. The van der Waals surface area contributed by atoms with Crippen molar-refractivity contribution in [3.63, 3.8) is 0 Å². The Hall–Kier alpha value is -2.87. The number of sulfonamides is 1. The van der Waals surface area contributed by atoms with E-state index in [4.69, 9.17) is 0 Å². The zero-order valence-electron chi connectivity index (χ0n) is 19.1. The molecule has 0 spiro atoms. The Balaban J connectivity index is 1.73. The minimum Gasteiger partial charge on any atom is -0.350 e. The largest absolute Gasteiger partial charge is 0.350 e. The predicted molar refractivity (Wildman–Crippen MR) is 126 cm³/mol. The second-order valence-corrected chi connectivity index (χ2v) is 10.4. The molecule has 1 aliphatic rings. The van der Waals surface area contributed by atoms with Crippen molar-refractivity contribution in [2.75, 3.05) is 23.7 Å². The van der Waals surface area contributed by atoms with Crippen LogP contribution in [0.25, 0.3) is 0 Å². The van der Waals surface area contributed by atoms with Crippen LogP contribution in [-0.4, -0.2) is 44.5 Å². The van der Waals surface area contributed by atoms with Gasteiger partial charge in [-0.2, -0.15) is 0 Å². The maximum absolute atomic E-state index is 12.8. The van der Waals surface area contributed by atoms with Crippen LogP contribution in [0.15, 0.2) is 36.4 Å². The van der Waals surface area contributed by atoms with Gasteiger partial charge < -0.3 is 10.2 Å². The Morgan fingerprint density at radius 3 is 2.28 bits per heavy atom. The molecule has 1 heterocycles. The maximum Gasteiger partial charge on any atom is 0.241 e. The van der Waals surface area contributed by atoms with Crippen LogP contribution in [0.1, 0.15) is 40.7 Å². The number of carbonyl (C=O) groups is 2. The van der Waals surface area contributed by atoms with Gasteiger partial charge in [-0.15, -0.1) is 0 Å². The highest BCUT2D eigenvalue weighted by Gasteiger charge is 2.25. The standard InChI is InChI=1S/C24H31N3O4S/c1-17-12-18(2)24(19(3)13-17)27(32(4,30)31)16-22(28)25-14-20-8-5-6-9-21(20)15-26-11-7-10-23(26)29/h5-6,8-9,12-13H,7,10-11,14-16H2,1-4H3,(H,25,28). The van der Waals surface area contributed by atoms with E-state index < -0.39 is 10.0 Å². The highest BCUT2D eigenvalue weighted by Crippen LogP contribution is 2.28. The molecule has 0 saturated carbocycles. The van der Waals surface area contributed by atoms with E-state index in [-0.39, 0.29) is 24.9 Å². The normalized spacial score (nSPS) is 14.0. The second-order valence-electron chi connectivity index (χ2n) is 8.48. The van der Waals surface area contributed by atoms with Gasteiger partial charge in [0.25, 0.3) is 0 Å². The van der Waals surface area contributed by atoms with Gasteiger partial charge in [-0.3, -0.25) is 13.9 Å². The predicted octanol–water partition coefficient (Wildman–Crippen LogP) is 2.82. The molecule has 0 aliphatic carbocycles. The Labute approximate surface area is 190 Å². The molecule has 7 nitrogen and oxygen atoms in total. The topological polar surface area (TPSA) is 86.8 Å². The van der Waals surface area contributed by atoms with Crippen molar-refractivity contribution in [3.8, 4) is 0 Å². The molecule has 1 aliphatic heterocycles. The minimum absolute atomic E-state index is 0.150. The van der Waals surface area contributed by atoms with Crippen molar-refractivity contribution in [1.82, 2.24) is 10.2 Å². The third-order valence-electron chi connectivity index (χ3n) is 5.70. The number of carbonyl (C=O) groups excluding carboxylic acids is 2. The molecule has 1 saturated heterocycles. The van der Waals surface area contributed by atoms with E-state index in [0.717, 1.165) is 47.0 Å². The van der Waals surface area contributed by atoms with E-state index >= 15 is 0 Å². The van der Waals surface area contributed by atoms with Crippen LogP contribution in [0, 0.1) is 20.8 Å². The maximum atomic E-state index is 12.8. The van der Waals surface area contributed by atoms with Gasteiger partial charge in [0.2, 0.25) is 21.8 Å². The molecule has 0 aromatic heterocycles. The van der Waals surface area contributed by atoms with Crippen molar-refractivity contribution in [1.29, 1.82) is 0 Å². The number of nitrogens with one attached hydrogen (secondary N) is 1. The first-order valence-electron chi connectivity index (χ1n) is 10.7. The Morgan fingerprint density at radius 1 is 1.09 bits per heavy atom. The fraction of sp³-hybridized carbons (Fsp3) is 0.417. The van der Waals surface area contributed by atoms with Crippen molar-refractivity contribution in [2.24, 2.45) is 0 Å². The number of hydrogen-bond acceptors (Lipinski definition) is 4. The van der Waals surface area contributed by atoms with Gasteiger partial charge in [-0.25, -0.2) is 8.42 Å². The number of benzene rings is 2. The molecular weight excluding hydrogens is 426 g/mol. The van der Waals surface area contributed by atoms with Gasteiger partial charge in [0.15, 0.2) is 0 Å². The zero-order valence-corrected chi connectivity index (χ0v) is 20.0. The average Bonchev–Trinajstić information content (AvgIpc) is 3.09. The first-order chi connectivity index (χ1) is 15.1. The summed E-state index contributed by atoms with van der Waals surface area (Å²) in [7, 11) is -3.66. The summed E-state index contributed by atoms with van der Waals surface area (Å²) in [5, 5.41) is 2.85. The summed E-state index contributed by atoms with van der Waals surface area (Å²) in [6.07, 6.45) is 2.57. The first-order valence-corrected chi connectivity index (χ1v) is 12.6. The molecule has 172 valence electrons. The fourth-order valence-corrected chi connectivity index (χ4v) is 5.24. The molecule has 0 unspecified atom stereocenters. The van der Waals surface area contributed by atoms with Crippen molar-refractivity contribution >= 4 is 27.5 Å². The quantitative estimate of drug-likeness (QED) is 0.660. The number of amides is 2. The molecule has 2 aromatic rings. The van der Waals surface area contributed by atoms with E-state index in [2.05, 4.69) is 5.32 Å². The lowest BCUT2D eigenvalue weighted by molar-refractivity contribution is -0.128. The summed E-state index contributed by atoms with van der Waals surface area (Å²) >= 11 is 0. The minimum atomic E-state index is -3.66. The molecule has 0 radical (unpaired) electrons. The van der Waals surface area contributed by atoms with Gasteiger partial charge >= 0.3 is 0 Å². The monoisotopic (exact) mass is 457 g/mol. The zero-order chi connectivity index (χ0) is 23.5. The average molecular weight is 458 g/mol.